The summed E-state index contributed by atoms with van der Waals surface area (Å²) in [6, 6.07) is 1.99. The van der Waals surface area contributed by atoms with Gasteiger partial charge >= 0.3 is 0 Å². The van der Waals surface area contributed by atoms with E-state index < -0.39 is 5.60 Å². The van der Waals surface area contributed by atoms with Gasteiger partial charge in [-0.1, -0.05) is 0 Å². The van der Waals surface area contributed by atoms with E-state index in [1.54, 1.807) is 4.68 Å². The minimum Gasteiger partial charge on any atom is -0.388 e. The van der Waals surface area contributed by atoms with E-state index in [0.717, 1.165) is 30.2 Å². The van der Waals surface area contributed by atoms with Crippen LogP contribution in [-0.2, 0) is 13.6 Å². The van der Waals surface area contributed by atoms with Crippen molar-refractivity contribution in [3.63, 3.8) is 0 Å². The van der Waals surface area contributed by atoms with Crippen LogP contribution >= 0.6 is 11.8 Å². The van der Waals surface area contributed by atoms with Crippen molar-refractivity contribution in [2.45, 2.75) is 18.6 Å². The average Bonchev–Trinajstić information content (AvgIpc) is 2.76. The fraction of sp³-hybridized carbons (Fsp3) is 0.700. The minimum atomic E-state index is -0.501. The van der Waals surface area contributed by atoms with E-state index in [2.05, 4.69) is 10.4 Å². The molecule has 1 fully saturated rings. The number of nitrogens with one attached hydrogen (secondary N) is 1. The van der Waals surface area contributed by atoms with Crippen LogP contribution in [0.1, 0.15) is 12.1 Å². The maximum atomic E-state index is 10.1. The topological polar surface area (TPSA) is 50.1 Å². The number of aromatic nitrogens is 2. The zero-order valence-electron chi connectivity index (χ0n) is 8.94. The maximum Gasteiger partial charge on any atom is 0.0869 e. The molecule has 0 radical (unpaired) electrons. The van der Waals surface area contributed by atoms with Crippen LogP contribution in [0.3, 0.4) is 0 Å². The first-order valence-corrected chi connectivity index (χ1v) is 6.33. The molecule has 1 aromatic heterocycles. The maximum absolute atomic E-state index is 10.1. The van der Waals surface area contributed by atoms with Gasteiger partial charge in [0.05, 0.1) is 11.3 Å². The van der Waals surface area contributed by atoms with Crippen LogP contribution in [0.25, 0.3) is 0 Å². The Kier molecular flexibility index (Phi) is 3.33. The Bertz CT molecular complexity index is 320. The van der Waals surface area contributed by atoms with Gasteiger partial charge in [0, 0.05) is 32.1 Å². The lowest BCUT2D eigenvalue weighted by Crippen LogP contribution is -2.40. The lowest BCUT2D eigenvalue weighted by Gasteiger charge is -2.21. The third kappa shape index (κ3) is 2.96. The molecule has 1 aliphatic heterocycles. The molecule has 2 N–H and O–H groups in total. The summed E-state index contributed by atoms with van der Waals surface area (Å²) in [5.74, 6) is 1.92. The normalized spacial score (nSPS) is 26.0. The summed E-state index contributed by atoms with van der Waals surface area (Å²) in [5.41, 5.74) is 0.520. The molecule has 1 unspecified atom stereocenters. The van der Waals surface area contributed by atoms with Gasteiger partial charge in [-0.3, -0.25) is 4.68 Å². The summed E-state index contributed by atoms with van der Waals surface area (Å²) in [5, 5.41) is 17.6. The molecule has 0 saturated carbocycles. The van der Waals surface area contributed by atoms with E-state index in [9.17, 15) is 5.11 Å². The molecule has 0 aliphatic carbocycles. The smallest absolute Gasteiger partial charge is 0.0869 e. The lowest BCUT2D eigenvalue weighted by molar-refractivity contribution is 0.0674. The highest BCUT2D eigenvalue weighted by Crippen LogP contribution is 2.26. The Balaban J connectivity index is 1.75. The number of aryl methyl sites for hydroxylation is 1. The van der Waals surface area contributed by atoms with E-state index in [4.69, 9.17) is 0 Å². The van der Waals surface area contributed by atoms with Crippen LogP contribution in [0, 0.1) is 0 Å². The van der Waals surface area contributed by atoms with Gasteiger partial charge in [0.15, 0.2) is 0 Å². The SMILES string of the molecule is Cn1ccc(CNCC2(O)CCSC2)n1. The molecule has 0 spiro atoms. The highest BCUT2D eigenvalue weighted by Gasteiger charge is 2.30. The molecule has 1 aliphatic rings. The standard InChI is InChI=1S/C10H17N3OS/c1-13-4-2-9(12-13)6-11-7-10(14)3-5-15-8-10/h2,4,11,14H,3,5-8H2,1H3. The van der Waals surface area contributed by atoms with Gasteiger partial charge in [0.25, 0.3) is 0 Å². The van der Waals surface area contributed by atoms with E-state index in [-0.39, 0.29) is 0 Å². The molecule has 1 saturated heterocycles. The first-order chi connectivity index (χ1) is 7.18. The summed E-state index contributed by atoms with van der Waals surface area (Å²) in [6.45, 7) is 1.39. The molecule has 0 bridgehead atoms. The average molecular weight is 227 g/mol. The first-order valence-electron chi connectivity index (χ1n) is 5.17. The second-order valence-electron chi connectivity index (χ2n) is 4.11. The Morgan fingerprint density at radius 1 is 1.73 bits per heavy atom. The van der Waals surface area contributed by atoms with Crippen molar-refractivity contribution in [3.05, 3.63) is 18.0 Å². The zero-order chi connectivity index (χ0) is 10.7. The van der Waals surface area contributed by atoms with Crippen molar-refractivity contribution >= 4 is 11.8 Å². The van der Waals surface area contributed by atoms with Crippen LogP contribution in [0.4, 0.5) is 0 Å². The molecule has 2 heterocycles. The number of aliphatic hydroxyl groups is 1. The van der Waals surface area contributed by atoms with Crippen molar-refractivity contribution in [1.29, 1.82) is 0 Å². The highest BCUT2D eigenvalue weighted by atomic mass is 32.2. The predicted molar refractivity (Wildman–Crippen MR) is 61.8 cm³/mol. The molecule has 1 atom stereocenters. The molecule has 0 aromatic carbocycles. The van der Waals surface area contributed by atoms with Crippen LogP contribution in [0.2, 0.25) is 0 Å². The molecular weight excluding hydrogens is 210 g/mol. The second kappa shape index (κ2) is 4.55. The van der Waals surface area contributed by atoms with Crippen LogP contribution in [0.15, 0.2) is 12.3 Å². The van der Waals surface area contributed by atoms with Gasteiger partial charge < -0.3 is 10.4 Å². The van der Waals surface area contributed by atoms with Crippen molar-refractivity contribution in [2.24, 2.45) is 7.05 Å². The fourth-order valence-corrected chi connectivity index (χ4v) is 3.01. The van der Waals surface area contributed by atoms with E-state index in [0.29, 0.717) is 6.54 Å². The van der Waals surface area contributed by atoms with Crippen molar-refractivity contribution in [3.8, 4) is 0 Å². The molecule has 15 heavy (non-hydrogen) atoms. The van der Waals surface area contributed by atoms with Gasteiger partial charge in [-0.25, -0.2) is 0 Å². The number of thioether (sulfide) groups is 1. The molecule has 84 valence electrons. The van der Waals surface area contributed by atoms with Gasteiger partial charge in [-0.2, -0.15) is 16.9 Å². The van der Waals surface area contributed by atoms with E-state index >= 15 is 0 Å². The third-order valence-electron chi connectivity index (χ3n) is 2.61. The molecule has 0 amide bonds. The van der Waals surface area contributed by atoms with Gasteiger partial charge in [-0.05, 0) is 18.2 Å². The van der Waals surface area contributed by atoms with Crippen LogP contribution < -0.4 is 5.32 Å². The molecular formula is C10H17N3OS. The van der Waals surface area contributed by atoms with Crippen molar-refractivity contribution in [2.75, 3.05) is 18.1 Å². The summed E-state index contributed by atoms with van der Waals surface area (Å²) in [6.07, 6.45) is 2.82. The van der Waals surface area contributed by atoms with Gasteiger partial charge in [0.1, 0.15) is 0 Å². The zero-order valence-corrected chi connectivity index (χ0v) is 9.76. The quantitative estimate of drug-likeness (QED) is 0.780. The monoisotopic (exact) mass is 227 g/mol. The Labute approximate surface area is 94.1 Å². The number of rotatable bonds is 4. The lowest BCUT2D eigenvalue weighted by atomic mass is 10.0. The molecule has 4 nitrogen and oxygen atoms in total. The van der Waals surface area contributed by atoms with Crippen molar-refractivity contribution in [1.82, 2.24) is 15.1 Å². The first kappa shape index (κ1) is 11.0. The second-order valence-corrected chi connectivity index (χ2v) is 5.22. The Morgan fingerprint density at radius 3 is 3.20 bits per heavy atom. The molecule has 2 rings (SSSR count). The van der Waals surface area contributed by atoms with Crippen LogP contribution in [0.5, 0.6) is 0 Å². The summed E-state index contributed by atoms with van der Waals surface area (Å²) < 4.78 is 1.79. The fourth-order valence-electron chi connectivity index (χ4n) is 1.72. The summed E-state index contributed by atoms with van der Waals surface area (Å²) in [7, 11) is 1.91. The van der Waals surface area contributed by atoms with Crippen LogP contribution in [-0.4, -0.2) is 38.5 Å². The predicted octanol–water partition coefficient (Wildman–Crippen LogP) is 0.378. The molecule has 5 heteroatoms. The summed E-state index contributed by atoms with van der Waals surface area (Å²) >= 11 is 1.82. The van der Waals surface area contributed by atoms with Gasteiger partial charge in [0.2, 0.25) is 0 Å². The minimum absolute atomic E-state index is 0.501. The number of hydrogen-bond donors (Lipinski definition) is 2. The van der Waals surface area contributed by atoms with E-state index in [1.807, 2.05) is 31.1 Å². The molecule has 1 aromatic rings. The summed E-state index contributed by atoms with van der Waals surface area (Å²) in [4.78, 5) is 0. The largest absolute Gasteiger partial charge is 0.388 e. The number of nitrogens with zero attached hydrogens (tertiary/aromatic N) is 2. The Hall–Kier alpha value is -0.520. The third-order valence-corrected chi connectivity index (χ3v) is 3.85. The highest BCUT2D eigenvalue weighted by molar-refractivity contribution is 7.99. The van der Waals surface area contributed by atoms with Gasteiger partial charge in [-0.15, -0.1) is 0 Å². The Morgan fingerprint density at radius 2 is 2.60 bits per heavy atom. The number of hydrogen-bond acceptors (Lipinski definition) is 4. The van der Waals surface area contributed by atoms with Crippen molar-refractivity contribution < 1.29 is 5.11 Å². The van der Waals surface area contributed by atoms with E-state index in [1.165, 1.54) is 0 Å².